The third-order valence-electron chi connectivity index (χ3n) is 2.20. The summed E-state index contributed by atoms with van der Waals surface area (Å²) in [6, 6.07) is 0. The Hall–Kier alpha value is -0.370. The van der Waals surface area contributed by atoms with Crippen LogP contribution in [0.2, 0.25) is 0 Å². The van der Waals surface area contributed by atoms with Gasteiger partial charge in [-0.15, -0.1) is 0 Å². The van der Waals surface area contributed by atoms with Crippen LogP contribution in [0.15, 0.2) is 0 Å². The topological polar surface area (TPSA) is 26.3 Å². The lowest BCUT2D eigenvalue weighted by Gasteiger charge is -2.26. The molecule has 64 valence electrons. The fraction of sp³-hybridized carbons (Fsp3) is 0.889. The van der Waals surface area contributed by atoms with Gasteiger partial charge in [-0.2, -0.15) is 0 Å². The maximum atomic E-state index is 10.1. The summed E-state index contributed by atoms with van der Waals surface area (Å²) in [6.07, 6.45) is 5.28. The summed E-state index contributed by atoms with van der Waals surface area (Å²) in [6.45, 7) is 3.08. The zero-order valence-electron chi connectivity index (χ0n) is 7.08. The van der Waals surface area contributed by atoms with Gasteiger partial charge in [0.1, 0.15) is 6.29 Å². The number of carbonyl (C=O) groups is 1. The van der Waals surface area contributed by atoms with Crippen molar-refractivity contribution in [2.24, 2.45) is 5.92 Å². The molecule has 0 amide bonds. The fourth-order valence-corrected chi connectivity index (χ4v) is 1.42. The summed E-state index contributed by atoms with van der Waals surface area (Å²) in [5.41, 5.74) is 0. The third-order valence-corrected chi connectivity index (χ3v) is 2.20. The Morgan fingerprint density at radius 3 is 2.91 bits per heavy atom. The summed E-state index contributed by atoms with van der Waals surface area (Å²) in [5, 5.41) is 0. The van der Waals surface area contributed by atoms with E-state index in [4.69, 9.17) is 4.74 Å². The van der Waals surface area contributed by atoms with E-state index in [1.807, 2.05) is 0 Å². The van der Waals surface area contributed by atoms with E-state index < -0.39 is 0 Å². The molecule has 0 aromatic heterocycles. The van der Waals surface area contributed by atoms with Crippen molar-refractivity contribution in [3.8, 4) is 0 Å². The molecule has 0 saturated carbocycles. The first-order chi connectivity index (χ1) is 5.33. The standard InChI is InChI=1S/C9H16O2/c1-8-4-5-9(11-7-8)3-2-6-10/h6,8-9H,2-5,7H2,1H3. The van der Waals surface area contributed by atoms with Crippen LogP contribution in [-0.4, -0.2) is 19.0 Å². The highest BCUT2D eigenvalue weighted by Crippen LogP contribution is 2.20. The molecule has 1 heterocycles. The van der Waals surface area contributed by atoms with E-state index in [0.717, 1.165) is 25.7 Å². The van der Waals surface area contributed by atoms with Crippen LogP contribution < -0.4 is 0 Å². The van der Waals surface area contributed by atoms with Gasteiger partial charge in [0, 0.05) is 13.0 Å². The smallest absolute Gasteiger partial charge is 0.120 e. The molecule has 1 aliphatic rings. The molecule has 1 aliphatic heterocycles. The molecule has 2 atom stereocenters. The molecule has 0 aliphatic carbocycles. The predicted octanol–water partition coefficient (Wildman–Crippen LogP) is 1.78. The van der Waals surface area contributed by atoms with Crippen LogP contribution in [0.4, 0.5) is 0 Å². The van der Waals surface area contributed by atoms with Crippen LogP contribution in [0.5, 0.6) is 0 Å². The first kappa shape index (κ1) is 8.72. The Kier molecular flexibility index (Phi) is 3.57. The van der Waals surface area contributed by atoms with Gasteiger partial charge in [-0.25, -0.2) is 0 Å². The molecule has 2 heteroatoms. The van der Waals surface area contributed by atoms with Crippen LogP contribution in [0, 0.1) is 5.92 Å². The summed E-state index contributed by atoms with van der Waals surface area (Å²) in [4.78, 5) is 10.1. The SMILES string of the molecule is CC1CCC(CCC=O)OC1. The van der Waals surface area contributed by atoms with E-state index >= 15 is 0 Å². The Bertz CT molecular complexity index is 115. The van der Waals surface area contributed by atoms with Crippen molar-refractivity contribution in [1.82, 2.24) is 0 Å². The highest BCUT2D eigenvalue weighted by molar-refractivity contribution is 5.49. The highest BCUT2D eigenvalue weighted by Gasteiger charge is 2.17. The number of aldehydes is 1. The molecule has 2 unspecified atom stereocenters. The molecule has 0 bridgehead atoms. The van der Waals surface area contributed by atoms with Gasteiger partial charge in [-0.1, -0.05) is 6.92 Å². The quantitative estimate of drug-likeness (QED) is 0.582. The number of ether oxygens (including phenoxy) is 1. The van der Waals surface area contributed by atoms with E-state index in [1.54, 1.807) is 0 Å². The molecule has 1 fully saturated rings. The van der Waals surface area contributed by atoms with Crippen LogP contribution in [-0.2, 0) is 9.53 Å². The highest BCUT2D eigenvalue weighted by atomic mass is 16.5. The Balaban J connectivity index is 2.12. The van der Waals surface area contributed by atoms with Gasteiger partial charge >= 0.3 is 0 Å². The maximum Gasteiger partial charge on any atom is 0.120 e. The second kappa shape index (κ2) is 4.50. The normalized spacial score (nSPS) is 31.7. The summed E-state index contributed by atoms with van der Waals surface area (Å²) in [5.74, 6) is 0.711. The van der Waals surface area contributed by atoms with E-state index in [-0.39, 0.29) is 0 Å². The number of carbonyl (C=O) groups excluding carboxylic acids is 1. The predicted molar refractivity (Wildman–Crippen MR) is 43.4 cm³/mol. The van der Waals surface area contributed by atoms with Gasteiger partial charge in [0.25, 0.3) is 0 Å². The van der Waals surface area contributed by atoms with Gasteiger partial charge in [-0.3, -0.25) is 0 Å². The first-order valence-electron chi connectivity index (χ1n) is 4.38. The van der Waals surface area contributed by atoms with Crippen LogP contribution >= 0.6 is 0 Å². The second-order valence-electron chi connectivity index (χ2n) is 3.38. The van der Waals surface area contributed by atoms with Crippen LogP contribution in [0.3, 0.4) is 0 Å². The lowest BCUT2D eigenvalue weighted by Crippen LogP contribution is -2.24. The summed E-state index contributed by atoms with van der Waals surface area (Å²) >= 11 is 0. The monoisotopic (exact) mass is 156 g/mol. The third kappa shape index (κ3) is 3.02. The average molecular weight is 156 g/mol. The molecule has 1 rings (SSSR count). The molecular formula is C9H16O2. The number of hydrogen-bond acceptors (Lipinski definition) is 2. The Morgan fingerprint density at radius 2 is 2.36 bits per heavy atom. The minimum absolute atomic E-state index is 0.358. The van der Waals surface area contributed by atoms with Gasteiger partial charge in [0.05, 0.1) is 6.10 Å². The van der Waals surface area contributed by atoms with E-state index in [9.17, 15) is 4.79 Å². The molecule has 0 aromatic rings. The first-order valence-corrected chi connectivity index (χ1v) is 4.38. The van der Waals surface area contributed by atoms with Gasteiger partial charge in [0.2, 0.25) is 0 Å². The maximum absolute atomic E-state index is 10.1. The molecule has 0 aromatic carbocycles. The zero-order chi connectivity index (χ0) is 8.10. The lowest BCUT2D eigenvalue weighted by atomic mass is 9.98. The van der Waals surface area contributed by atoms with Crippen LogP contribution in [0.25, 0.3) is 0 Å². The minimum Gasteiger partial charge on any atom is -0.378 e. The fourth-order valence-electron chi connectivity index (χ4n) is 1.42. The van der Waals surface area contributed by atoms with Gasteiger partial charge in [-0.05, 0) is 25.2 Å². The molecule has 0 N–H and O–H groups in total. The van der Waals surface area contributed by atoms with Crippen LogP contribution in [0.1, 0.15) is 32.6 Å². The van der Waals surface area contributed by atoms with Gasteiger partial charge in [0.15, 0.2) is 0 Å². The molecule has 1 saturated heterocycles. The second-order valence-corrected chi connectivity index (χ2v) is 3.38. The van der Waals surface area contributed by atoms with E-state index in [1.165, 1.54) is 6.42 Å². The van der Waals surface area contributed by atoms with Crippen molar-refractivity contribution >= 4 is 6.29 Å². The number of rotatable bonds is 3. The minimum atomic E-state index is 0.358. The molecule has 0 radical (unpaired) electrons. The average Bonchev–Trinajstić information content (AvgIpc) is 2.04. The van der Waals surface area contributed by atoms with Crippen molar-refractivity contribution in [3.63, 3.8) is 0 Å². The van der Waals surface area contributed by atoms with Crippen molar-refractivity contribution in [2.45, 2.75) is 38.7 Å². The summed E-state index contributed by atoms with van der Waals surface area (Å²) in [7, 11) is 0. The molecule has 0 spiro atoms. The Labute approximate surface area is 67.9 Å². The molecule has 2 nitrogen and oxygen atoms in total. The van der Waals surface area contributed by atoms with E-state index in [2.05, 4.69) is 6.92 Å². The Morgan fingerprint density at radius 1 is 1.55 bits per heavy atom. The van der Waals surface area contributed by atoms with Crippen molar-refractivity contribution in [2.75, 3.05) is 6.61 Å². The molecular weight excluding hydrogens is 140 g/mol. The summed E-state index contributed by atoms with van der Waals surface area (Å²) < 4.78 is 5.53. The van der Waals surface area contributed by atoms with E-state index in [0.29, 0.717) is 18.4 Å². The van der Waals surface area contributed by atoms with Crippen molar-refractivity contribution in [3.05, 3.63) is 0 Å². The lowest BCUT2D eigenvalue weighted by molar-refractivity contribution is -0.109. The van der Waals surface area contributed by atoms with Crippen molar-refractivity contribution in [1.29, 1.82) is 0 Å². The molecule has 11 heavy (non-hydrogen) atoms. The largest absolute Gasteiger partial charge is 0.378 e. The van der Waals surface area contributed by atoms with Crippen molar-refractivity contribution < 1.29 is 9.53 Å². The van der Waals surface area contributed by atoms with Gasteiger partial charge < -0.3 is 9.53 Å². The zero-order valence-corrected chi connectivity index (χ0v) is 7.08. The number of hydrogen-bond donors (Lipinski definition) is 0.